The van der Waals surface area contributed by atoms with Gasteiger partial charge < -0.3 is 10.5 Å². The summed E-state index contributed by atoms with van der Waals surface area (Å²) in [7, 11) is 1.71. The van der Waals surface area contributed by atoms with Crippen molar-refractivity contribution in [3.05, 3.63) is 29.3 Å². The Bertz CT molecular complexity index is 442. The Kier molecular flexibility index (Phi) is 3.04. The molecular formula is C15H22N2O. The zero-order chi connectivity index (χ0) is 12.7. The van der Waals surface area contributed by atoms with Crippen LogP contribution in [0.25, 0.3) is 0 Å². The van der Waals surface area contributed by atoms with Crippen LogP contribution in [-0.4, -0.2) is 30.6 Å². The second-order valence-electron chi connectivity index (χ2n) is 5.42. The van der Waals surface area contributed by atoms with E-state index in [-0.39, 0.29) is 6.04 Å². The third-order valence-corrected chi connectivity index (χ3v) is 4.36. The van der Waals surface area contributed by atoms with Crippen LogP contribution in [0, 0.1) is 0 Å². The fourth-order valence-corrected chi connectivity index (χ4v) is 3.25. The van der Waals surface area contributed by atoms with Crippen molar-refractivity contribution < 1.29 is 4.74 Å². The first-order valence-electron chi connectivity index (χ1n) is 6.92. The Morgan fingerprint density at radius 3 is 2.78 bits per heavy atom. The van der Waals surface area contributed by atoms with Crippen LogP contribution in [0.15, 0.2) is 18.2 Å². The number of fused-ring (bicyclic) bond motifs is 1. The van der Waals surface area contributed by atoms with Crippen LogP contribution in [0.1, 0.15) is 36.9 Å². The molecule has 2 aliphatic rings. The molecule has 1 aromatic rings. The second kappa shape index (κ2) is 4.56. The van der Waals surface area contributed by atoms with E-state index >= 15 is 0 Å². The van der Waals surface area contributed by atoms with E-state index in [0.29, 0.717) is 6.04 Å². The second-order valence-corrected chi connectivity index (χ2v) is 5.42. The highest BCUT2D eigenvalue weighted by Gasteiger charge is 2.39. The lowest BCUT2D eigenvalue weighted by Gasteiger charge is -2.30. The third-order valence-electron chi connectivity index (χ3n) is 4.36. The molecule has 3 rings (SSSR count). The number of rotatable bonds is 4. The number of hydrogen-bond donors (Lipinski definition) is 1. The summed E-state index contributed by atoms with van der Waals surface area (Å²) in [5.74, 6) is 0.916. The summed E-state index contributed by atoms with van der Waals surface area (Å²) in [6.45, 7) is 3.35. The monoisotopic (exact) mass is 246 g/mol. The average molecular weight is 246 g/mol. The van der Waals surface area contributed by atoms with E-state index in [1.807, 2.05) is 6.07 Å². The predicted molar refractivity (Wildman–Crippen MR) is 72.8 cm³/mol. The van der Waals surface area contributed by atoms with Gasteiger partial charge in [0.2, 0.25) is 0 Å². The van der Waals surface area contributed by atoms with Crippen molar-refractivity contribution in [2.75, 3.05) is 13.7 Å². The van der Waals surface area contributed by atoms with E-state index in [9.17, 15) is 0 Å². The van der Waals surface area contributed by atoms with Gasteiger partial charge in [0.05, 0.1) is 7.11 Å². The van der Waals surface area contributed by atoms with Gasteiger partial charge in [0.1, 0.15) is 5.75 Å². The lowest BCUT2D eigenvalue weighted by atomic mass is 10.1. The highest BCUT2D eigenvalue weighted by Crippen LogP contribution is 2.39. The highest BCUT2D eigenvalue weighted by molar-refractivity contribution is 5.42. The summed E-state index contributed by atoms with van der Waals surface area (Å²) < 4.78 is 5.30. The van der Waals surface area contributed by atoms with Gasteiger partial charge in [0.25, 0.3) is 0 Å². The number of likely N-dealkylation sites (N-methyl/N-ethyl adjacent to an activating group) is 1. The molecule has 2 unspecified atom stereocenters. The molecule has 98 valence electrons. The molecule has 0 aromatic heterocycles. The molecule has 3 nitrogen and oxygen atoms in total. The molecule has 3 heteroatoms. The van der Waals surface area contributed by atoms with Crippen LogP contribution in [0.3, 0.4) is 0 Å². The van der Waals surface area contributed by atoms with Crippen molar-refractivity contribution in [3.63, 3.8) is 0 Å². The zero-order valence-electron chi connectivity index (χ0n) is 11.2. The summed E-state index contributed by atoms with van der Waals surface area (Å²) in [4.78, 5) is 2.59. The minimum absolute atomic E-state index is 0.135. The molecule has 0 saturated heterocycles. The maximum atomic E-state index is 6.46. The molecule has 0 bridgehead atoms. The fraction of sp³-hybridized carbons (Fsp3) is 0.600. The SMILES string of the molecule is CCN(C1CC1)C1Cc2ccc(OC)cc2C1N. The summed E-state index contributed by atoms with van der Waals surface area (Å²) in [6.07, 6.45) is 3.78. The molecular weight excluding hydrogens is 224 g/mol. The van der Waals surface area contributed by atoms with Crippen LogP contribution < -0.4 is 10.5 Å². The van der Waals surface area contributed by atoms with E-state index in [0.717, 1.165) is 24.8 Å². The van der Waals surface area contributed by atoms with Gasteiger partial charge in [-0.3, -0.25) is 4.90 Å². The van der Waals surface area contributed by atoms with Crippen molar-refractivity contribution in [2.24, 2.45) is 5.73 Å². The molecule has 0 aliphatic heterocycles. The minimum Gasteiger partial charge on any atom is -0.497 e. The summed E-state index contributed by atoms with van der Waals surface area (Å²) in [5.41, 5.74) is 9.13. The van der Waals surface area contributed by atoms with Crippen molar-refractivity contribution in [1.82, 2.24) is 4.90 Å². The Morgan fingerprint density at radius 2 is 2.17 bits per heavy atom. The molecule has 0 radical (unpaired) electrons. The Hall–Kier alpha value is -1.06. The third kappa shape index (κ3) is 1.91. The molecule has 2 N–H and O–H groups in total. The van der Waals surface area contributed by atoms with Crippen LogP contribution >= 0.6 is 0 Å². The lowest BCUT2D eigenvalue weighted by Crippen LogP contribution is -2.42. The minimum atomic E-state index is 0.135. The van der Waals surface area contributed by atoms with Crippen LogP contribution in [0.2, 0.25) is 0 Å². The van der Waals surface area contributed by atoms with Gasteiger partial charge in [0.15, 0.2) is 0 Å². The van der Waals surface area contributed by atoms with Crippen molar-refractivity contribution in [2.45, 2.75) is 44.3 Å². The topological polar surface area (TPSA) is 38.5 Å². The molecule has 0 heterocycles. The number of nitrogens with two attached hydrogens (primary N) is 1. The van der Waals surface area contributed by atoms with E-state index in [1.165, 1.54) is 24.0 Å². The van der Waals surface area contributed by atoms with Crippen LogP contribution in [-0.2, 0) is 6.42 Å². The molecule has 18 heavy (non-hydrogen) atoms. The first-order valence-corrected chi connectivity index (χ1v) is 6.92. The van der Waals surface area contributed by atoms with E-state index in [4.69, 9.17) is 10.5 Å². The molecule has 1 aromatic carbocycles. The van der Waals surface area contributed by atoms with Gasteiger partial charge in [0, 0.05) is 18.1 Å². The zero-order valence-corrected chi connectivity index (χ0v) is 11.2. The van der Waals surface area contributed by atoms with Crippen molar-refractivity contribution in [1.29, 1.82) is 0 Å². The fourth-order valence-electron chi connectivity index (χ4n) is 3.25. The number of ether oxygens (including phenoxy) is 1. The molecule has 1 fully saturated rings. The van der Waals surface area contributed by atoms with E-state index in [2.05, 4.69) is 24.0 Å². The highest BCUT2D eigenvalue weighted by atomic mass is 16.5. The van der Waals surface area contributed by atoms with Gasteiger partial charge >= 0.3 is 0 Å². The first kappa shape index (κ1) is 12.0. The van der Waals surface area contributed by atoms with Crippen molar-refractivity contribution in [3.8, 4) is 5.75 Å². The summed E-state index contributed by atoms with van der Waals surface area (Å²) >= 11 is 0. The molecule has 2 aliphatic carbocycles. The number of hydrogen-bond acceptors (Lipinski definition) is 3. The van der Waals surface area contributed by atoms with Gasteiger partial charge in [-0.05, 0) is 49.1 Å². The van der Waals surface area contributed by atoms with Gasteiger partial charge in [-0.1, -0.05) is 13.0 Å². The van der Waals surface area contributed by atoms with Gasteiger partial charge in [-0.25, -0.2) is 0 Å². The number of nitrogens with zero attached hydrogens (tertiary/aromatic N) is 1. The Morgan fingerprint density at radius 1 is 1.39 bits per heavy atom. The lowest BCUT2D eigenvalue weighted by molar-refractivity contribution is 0.179. The van der Waals surface area contributed by atoms with Crippen LogP contribution in [0.4, 0.5) is 0 Å². The maximum absolute atomic E-state index is 6.46. The Labute approximate surface area is 109 Å². The standard InChI is InChI=1S/C15H22N2O/c1-3-17(11-5-6-11)14-8-10-4-7-12(18-2)9-13(10)15(14)16/h4,7,9,11,14-15H,3,5-6,8,16H2,1-2H3. The molecule has 2 atom stereocenters. The summed E-state index contributed by atoms with van der Waals surface area (Å²) in [6, 6.07) is 7.72. The number of benzene rings is 1. The molecule has 0 amide bonds. The Balaban J connectivity index is 1.85. The van der Waals surface area contributed by atoms with Gasteiger partial charge in [-0.15, -0.1) is 0 Å². The van der Waals surface area contributed by atoms with Crippen LogP contribution in [0.5, 0.6) is 5.75 Å². The largest absolute Gasteiger partial charge is 0.497 e. The van der Waals surface area contributed by atoms with Crippen molar-refractivity contribution >= 4 is 0 Å². The average Bonchev–Trinajstić information content (AvgIpc) is 3.17. The first-order chi connectivity index (χ1) is 8.74. The summed E-state index contributed by atoms with van der Waals surface area (Å²) in [5, 5.41) is 0. The van der Waals surface area contributed by atoms with E-state index in [1.54, 1.807) is 7.11 Å². The van der Waals surface area contributed by atoms with E-state index < -0.39 is 0 Å². The van der Waals surface area contributed by atoms with Gasteiger partial charge in [-0.2, -0.15) is 0 Å². The smallest absolute Gasteiger partial charge is 0.119 e. The molecule has 0 spiro atoms. The predicted octanol–water partition coefficient (Wildman–Crippen LogP) is 2.10. The number of methoxy groups -OCH3 is 1. The normalized spacial score (nSPS) is 26.4. The maximum Gasteiger partial charge on any atom is 0.119 e. The quantitative estimate of drug-likeness (QED) is 0.884. The molecule has 1 saturated carbocycles.